The number of phenols is 1. The molecule has 2 atom stereocenters. The van der Waals surface area contributed by atoms with Gasteiger partial charge in [-0.2, -0.15) is 0 Å². The van der Waals surface area contributed by atoms with Crippen molar-refractivity contribution >= 4 is 41.8 Å². The molecule has 8 nitrogen and oxygen atoms in total. The normalized spacial score (nSPS) is 17.1. The molecule has 0 bridgehead atoms. The van der Waals surface area contributed by atoms with Crippen LogP contribution >= 0.6 is 24.2 Å². The van der Waals surface area contributed by atoms with E-state index >= 15 is 0 Å². The van der Waals surface area contributed by atoms with Gasteiger partial charge < -0.3 is 21.1 Å². The molecule has 1 aromatic heterocycles. The number of nitrogens with one attached hydrogen (secondary N) is 3. The summed E-state index contributed by atoms with van der Waals surface area (Å²) in [5.74, 6) is -0.899. The number of amides is 2. The third kappa shape index (κ3) is 7.09. The summed E-state index contributed by atoms with van der Waals surface area (Å²) in [7, 11) is 0. The van der Waals surface area contributed by atoms with Crippen LogP contribution in [0.1, 0.15) is 49.5 Å². The predicted molar refractivity (Wildman–Crippen MR) is 146 cm³/mol. The van der Waals surface area contributed by atoms with Gasteiger partial charge in [0, 0.05) is 40.5 Å². The monoisotopic (exact) mass is 540 g/mol. The number of hydrogen-bond acceptors (Lipinski definition) is 7. The Morgan fingerprint density at radius 3 is 2.22 bits per heavy atom. The molecule has 3 aromatic rings. The van der Waals surface area contributed by atoms with Gasteiger partial charge in [0.15, 0.2) is 5.78 Å². The molecule has 0 saturated carbocycles. The fraction of sp³-hybridized carbons (Fsp3) is 0.259. The van der Waals surface area contributed by atoms with Gasteiger partial charge in [0.05, 0.1) is 17.6 Å². The van der Waals surface area contributed by atoms with Crippen LogP contribution in [0.25, 0.3) is 0 Å². The molecule has 37 heavy (non-hydrogen) atoms. The van der Waals surface area contributed by atoms with Crippen LogP contribution in [0.5, 0.6) is 5.75 Å². The molecule has 4 N–H and O–H groups in total. The van der Waals surface area contributed by atoms with Gasteiger partial charge in [-0.1, -0.05) is 12.1 Å². The van der Waals surface area contributed by atoms with Gasteiger partial charge in [-0.15, -0.1) is 24.2 Å². The van der Waals surface area contributed by atoms with Crippen LogP contribution in [0, 0.1) is 0 Å². The average Bonchev–Trinajstić information content (AvgIpc) is 3.13. The fourth-order valence-corrected chi connectivity index (χ4v) is 4.57. The van der Waals surface area contributed by atoms with Gasteiger partial charge in [0.2, 0.25) is 0 Å². The summed E-state index contributed by atoms with van der Waals surface area (Å²) >= 11 is 1.48. The van der Waals surface area contributed by atoms with E-state index in [1.165, 1.54) is 17.8 Å². The molecule has 4 rings (SSSR count). The van der Waals surface area contributed by atoms with Crippen LogP contribution in [0.15, 0.2) is 71.9 Å². The number of aromatic hydroxyl groups is 1. The van der Waals surface area contributed by atoms with Crippen LogP contribution in [0.3, 0.4) is 0 Å². The molecule has 2 amide bonds. The van der Waals surface area contributed by atoms with Crippen LogP contribution < -0.4 is 16.0 Å². The van der Waals surface area contributed by atoms with E-state index in [-0.39, 0.29) is 53.4 Å². The molecule has 2 aromatic carbocycles. The lowest BCUT2D eigenvalue weighted by molar-refractivity contribution is 0.0882. The number of halogens is 1. The van der Waals surface area contributed by atoms with Crippen molar-refractivity contribution in [1.29, 1.82) is 0 Å². The van der Waals surface area contributed by atoms with Gasteiger partial charge >= 0.3 is 0 Å². The molecule has 0 aliphatic carbocycles. The highest BCUT2D eigenvalue weighted by atomic mass is 35.5. The standard InChI is InChI=1S/C27H28N4O4S.ClH/c1-36-20-8-9-24(32)21(15-20)25(33)17-4-6-18(7-5-17)26(34)30-22-3-2-12-29-16-23(22)31-27(35)19-10-13-28-14-11-19;/h4-11,13-15,22-23,29,32H,2-3,12,16H2,1H3,(H,30,34)(H,31,35);1H/t22-,23-;/m1./s1. The van der Waals surface area contributed by atoms with Crippen molar-refractivity contribution in [3.05, 3.63) is 89.2 Å². The lowest BCUT2D eigenvalue weighted by atomic mass is 10.00. The minimum Gasteiger partial charge on any atom is -0.507 e. The Hall–Kier alpha value is -3.40. The third-order valence-electron chi connectivity index (χ3n) is 6.15. The van der Waals surface area contributed by atoms with Crippen molar-refractivity contribution in [3.63, 3.8) is 0 Å². The number of hydrogen-bond donors (Lipinski definition) is 4. The molecule has 1 aliphatic rings. The molecule has 1 aliphatic heterocycles. The Morgan fingerprint density at radius 1 is 0.919 bits per heavy atom. The van der Waals surface area contributed by atoms with Gasteiger partial charge in [0.1, 0.15) is 5.75 Å². The summed E-state index contributed by atoms with van der Waals surface area (Å²) in [6.45, 7) is 1.34. The SMILES string of the molecule is CSc1ccc(O)c(C(=O)c2ccc(C(=O)N[C@@H]3CCCNC[C@H]3NC(=O)c3ccncc3)cc2)c1.Cl. The number of carbonyl (C=O) groups excluding carboxylic acids is 3. The van der Waals surface area contributed by atoms with Crippen molar-refractivity contribution in [2.45, 2.75) is 29.8 Å². The summed E-state index contributed by atoms with van der Waals surface area (Å²) in [6.07, 6.45) is 6.59. The first-order valence-corrected chi connectivity index (χ1v) is 12.9. The van der Waals surface area contributed by atoms with E-state index in [0.717, 1.165) is 17.9 Å². The second-order valence-electron chi connectivity index (χ2n) is 8.53. The number of rotatable bonds is 7. The first-order chi connectivity index (χ1) is 17.5. The number of ketones is 1. The molecule has 0 spiro atoms. The van der Waals surface area contributed by atoms with Gasteiger partial charge in [0.25, 0.3) is 11.8 Å². The fourth-order valence-electron chi connectivity index (χ4n) is 4.13. The van der Waals surface area contributed by atoms with Crippen molar-refractivity contribution in [3.8, 4) is 5.75 Å². The van der Waals surface area contributed by atoms with E-state index in [9.17, 15) is 19.5 Å². The number of thioether (sulfide) groups is 1. The zero-order valence-corrected chi connectivity index (χ0v) is 21.9. The molecule has 1 saturated heterocycles. The van der Waals surface area contributed by atoms with E-state index in [0.29, 0.717) is 29.7 Å². The Labute approximate surface area is 226 Å². The maximum atomic E-state index is 13.0. The summed E-state index contributed by atoms with van der Waals surface area (Å²) < 4.78 is 0. The summed E-state index contributed by atoms with van der Waals surface area (Å²) in [4.78, 5) is 43.4. The zero-order chi connectivity index (χ0) is 25.5. The first-order valence-electron chi connectivity index (χ1n) is 11.7. The molecule has 1 fully saturated rings. The lowest BCUT2D eigenvalue weighted by Crippen LogP contribution is -2.54. The maximum absolute atomic E-state index is 13.0. The first kappa shape index (κ1) is 28.2. The third-order valence-corrected chi connectivity index (χ3v) is 6.88. The van der Waals surface area contributed by atoms with Gasteiger partial charge in [-0.05, 0) is 68.1 Å². The highest BCUT2D eigenvalue weighted by Gasteiger charge is 2.27. The van der Waals surface area contributed by atoms with Gasteiger partial charge in [-0.3, -0.25) is 19.4 Å². The number of phenolic OH excluding ortho intramolecular Hbond substituents is 1. The number of pyridine rings is 1. The molecular weight excluding hydrogens is 512 g/mol. The van der Waals surface area contributed by atoms with Crippen molar-refractivity contribution in [2.24, 2.45) is 0 Å². The Balaban J connectivity index is 0.00000380. The van der Waals surface area contributed by atoms with Crippen molar-refractivity contribution in [2.75, 3.05) is 19.3 Å². The van der Waals surface area contributed by atoms with E-state index < -0.39 is 0 Å². The zero-order valence-electron chi connectivity index (χ0n) is 20.3. The summed E-state index contributed by atoms with van der Waals surface area (Å²) in [6, 6.07) is 14.0. The number of aromatic nitrogens is 1. The van der Waals surface area contributed by atoms with E-state index in [4.69, 9.17) is 0 Å². The van der Waals surface area contributed by atoms with Crippen LogP contribution in [-0.4, -0.2) is 59.1 Å². The number of benzene rings is 2. The second-order valence-corrected chi connectivity index (χ2v) is 9.41. The quantitative estimate of drug-likeness (QED) is 0.267. The highest BCUT2D eigenvalue weighted by Crippen LogP contribution is 2.26. The van der Waals surface area contributed by atoms with E-state index in [2.05, 4.69) is 20.9 Å². The molecule has 0 radical (unpaired) electrons. The Morgan fingerprint density at radius 2 is 1.54 bits per heavy atom. The highest BCUT2D eigenvalue weighted by molar-refractivity contribution is 7.98. The summed E-state index contributed by atoms with van der Waals surface area (Å²) in [5.41, 5.74) is 1.51. The number of carbonyl (C=O) groups is 3. The largest absolute Gasteiger partial charge is 0.507 e. The Kier molecular flexibility index (Phi) is 10.1. The van der Waals surface area contributed by atoms with Crippen LogP contribution in [0.4, 0.5) is 0 Å². The molecule has 0 unspecified atom stereocenters. The lowest BCUT2D eigenvalue weighted by Gasteiger charge is -2.27. The summed E-state index contributed by atoms with van der Waals surface area (Å²) in [5, 5.41) is 19.5. The smallest absolute Gasteiger partial charge is 0.251 e. The predicted octanol–water partition coefficient (Wildman–Crippen LogP) is 3.44. The average molecular weight is 541 g/mol. The van der Waals surface area contributed by atoms with Crippen LogP contribution in [0.2, 0.25) is 0 Å². The van der Waals surface area contributed by atoms with Crippen LogP contribution in [-0.2, 0) is 0 Å². The Bertz CT molecular complexity index is 1240. The molecule has 2 heterocycles. The van der Waals surface area contributed by atoms with Gasteiger partial charge in [-0.25, -0.2) is 0 Å². The second kappa shape index (κ2) is 13.2. The topological polar surface area (TPSA) is 120 Å². The van der Waals surface area contributed by atoms with E-state index in [1.807, 2.05) is 6.26 Å². The van der Waals surface area contributed by atoms with Crippen molar-refractivity contribution < 1.29 is 19.5 Å². The molecular formula is C27H29ClN4O4S. The van der Waals surface area contributed by atoms with Crippen molar-refractivity contribution in [1.82, 2.24) is 20.9 Å². The molecule has 194 valence electrons. The number of nitrogens with zero attached hydrogens (tertiary/aromatic N) is 1. The maximum Gasteiger partial charge on any atom is 0.251 e. The minimum absolute atomic E-state index is 0. The van der Waals surface area contributed by atoms with E-state index in [1.54, 1.807) is 60.9 Å². The molecule has 10 heteroatoms. The minimum atomic E-state index is -0.316.